The number of ether oxygens (including phenoxy) is 2. The summed E-state index contributed by atoms with van der Waals surface area (Å²) in [6.45, 7) is 3.02. The average Bonchev–Trinajstić information content (AvgIpc) is 3.17. The zero-order valence-electron chi connectivity index (χ0n) is 18.0. The first-order valence-corrected chi connectivity index (χ1v) is 11.4. The third kappa shape index (κ3) is 2.84. The number of aryl methyl sites for hydroxylation is 1. The number of esters is 1. The zero-order chi connectivity index (χ0) is 24.5. The van der Waals surface area contributed by atoms with Crippen LogP contribution in [0.25, 0.3) is 22.3 Å². The number of nitrogens with zero attached hydrogens (tertiary/aromatic N) is 3. The number of benzene rings is 1. The van der Waals surface area contributed by atoms with Crippen LogP contribution >= 0.6 is 15.9 Å². The van der Waals surface area contributed by atoms with Gasteiger partial charge in [-0.15, -0.1) is 0 Å². The monoisotopic (exact) mass is 533 g/mol. The molecule has 1 N–H and O–H groups in total. The standard InChI is InChI=1S/C22H17BrFN3O7/c1-3-22(30)12-4-15-17-10(6-26(15)20(28)11(12)7-33-21(22)29)9(2)16-14(25-17)5-13(24)19(34-8-23)18(16)27(31)32/h4-5,30H,3,6-8H2,1-2H3/t22-/m0/s1. The quantitative estimate of drug-likeness (QED) is 0.183. The summed E-state index contributed by atoms with van der Waals surface area (Å²) in [5, 5.41) is 23.0. The van der Waals surface area contributed by atoms with Crippen LogP contribution in [0.1, 0.15) is 35.6 Å². The molecule has 2 aromatic heterocycles. The summed E-state index contributed by atoms with van der Waals surface area (Å²) in [7, 11) is 0. The summed E-state index contributed by atoms with van der Waals surface area (Å²) in [5.41, 5.74) is -1.18. The Morgan fingerprint density at radius 2 is 2.12 bits per heavy atom. The molecule has 4 heterocycles. The molecule has 5 rings (SSSR count). The molecule has 1 atom stereocenters. The highest BCUT2D eigenvalue weighted by Gasteiger charge is 2.45. The molecule has 0 unspecified atom stereocenters. The van der Waals surface area contributed by atoms with E-state index in [-0.39, 0.29) is 47.1 Å². The molecule has 0 aliphatic carbocycles. The SMILES string of the molecule is CC[C@@]1(O)C(=O)OCc2c1cc1n(c2=O)Cc2c-1nc1cc(F)c(OCBr)c([N+](=O)[O-])c1c2C. The lowest BCUT2D eigenvalue weighted by atomic mass is 9.86. The molecule has 0 radical (unpaired) electrons. The maximum absolute atomic E-state index is 14.8. The van der Waals surface area contributed by atoms with Crippen molar-refractivity contribution in [2.75, 3.05) is 5.52 Å². The minimum Gasteiger partial charge on any atom is -0.473 e. The number of carbonyl (C=O) groups excluding carboxylic acids is 1. The lowest BCUT2D eigenvalue weighted by Gasteiger charge is -2.31. The van der Waals surface area contributed by atoms with Gasteiger partial charge in [-0.1, -0.05) is 6.92 Å². The Hall–Kier alpha value is -3.38. The zero-order valence-corrected chi connectivity index (χ0v) is 19.6. The Labute approximate surface area is 199 Å². The van der Waals surface area contributed by atoms with Gasteiger partial charge in [0.05, 0.1) is 39.3 Å². The van der Waals surface area contributed by atoms with Gasteiger partial charge in [0.25, 0.3) is 5.56 Å². The molecule has 0 amide bonds. The van der Waals surface area contributed by atoms with Crippen molar-refractivity contribution in [2.45, 2.75) is 39.0 Å². The van der Waals surface area contributed by atoms with Crippen molar-refractivity contribution in [1.29, 1.82) is 0 Å². The van der Waals surface area contributed by atoms with E-state index in [2.05, 4.69) is 20.9 Å². The fourth-order valence-corrected chi connectivity index (χ4v) is 4.99. The average molecular weight is 534 g/mol. The molecule has 12 heteroatoms. The highest BCUT2D eigenvalue weighted by atomic mass is 79.9. The number of aromatic nitrogens is 2. The Morgan fingerprint density at radius 1 is 1.38 bits per heavy atom. The van der Waals surface area contributed by atoms with E-state index in [0.717, 1.165) is 6.07 Å². The normalized spacial score (nSPS) is 18.3. The molecule has 0 fully saturated rings. The van der Waals surface area contributed by atoms with Crippen molar-refractivity contribution in [1.82, 2.24) is 9.55 Å². The van der Waals surface area contributed by atoms with Gasteiger partial charge in [-0.05, 0) is 40.9 Å². The number of rotatable bonds is 4. The van der Waals surface area contributed by atoms with Crippen molar-refractivity contribution >= 4 is 38.5 Å². The number of cyclic esters (lactones) is 1. The van der Waals surface area contributed by atoms with Gasteiger partial charge < -0.3 is 19.1 Å². The highest BCUT2D eigenvalue weighted by Crippen LogP contribution is 2.44. The molecule has 2 aliphatic heterocycles. The minimum absolute atomic E-state index is 0.00743. The van der Waals surface area contributed by atoms with Crippen LogP contribution < -0.4 is 10.3 Å². The van der Waals surface area contributed by atoms with Gasteiger partial charge in [-0.25, -0.2) is 14.2 Å². The van der Waals surface area contributed by atoms with E-state index in [1.54, 1.807) is 13.8 Å². The van der Waals surface area contributed by atoms with Crippen molar-refractivity contribution in [3.8, 4) is 17.1 Å². The van der Waals surface area contributed by atoms with Crippen LogP contribution in [-0.2, 0) is 28.3 Å². The summed E-state index contributed by atoms with van der Waals surface area (Å²) in [5.74, 6) is -2.30. The molecule has 1 aromatic carbocycles. The van der Waals surface area contributed by atoms with Gasteiger partial charge in [-0.2, -0.15) is 0 Å². The predicted octanol–water partition coefficient (Wildman–Crippen LogP) is 3.17. The van der Waals surface area contributed by atoms with E-state index in [1.807, 2.05) is 0 Å². The molecule has 0 spiro atoms. The molecule has 2 aliphatic rings. The first kappa shape index (κ1) is 22.4. The fourth-order valence-electron chi connectivity index (χ4n) is 4.76. The first-order chi connectivity index (χ1) is 16.1. The summed E-state index contributed by atoms with van der Waals surface area (Å²) in [6.07, 6.45) is -0.00743. The molecule has 176 valence electrons. The van der Waals surface area contributed by atoms with Crippen molar-refractivity contribution in [3.05, 3.63) is 60.7 Å². The van der Waals surface area contributed by atoms with Crippen LogP contribution in [0, 0.1) is 22.9 Å². The van der Waals surface area contributed by atoms with Crippen LogP contribution in [0.5, 0.6) is 5.75 Å². The number of halogens is 2. The van der Waals surface area contributed by atoms with E-state index in [4.69, 9.17) is 9.47 Å². The largest absolute Gasteiger partial charge is 0.473 e. The number of aliphatic hydroxyl groups is 1. The maximum atomic E-state index is 14.8. The third-order valence-electron chi connectivity index (χ3n) is 6.52. The van der Waals surface area contributed by atoms with Crippen molar-refractivity contribution in [2.24, 2.45) is 0 Å². The van der Waals surface area contributed by atoms with Crippen LogP contribution in [-0.4, -0.2) is 31.1 Å². The van der Waals surface area contributed by atoms with Crippen molar-refractivity contribution < 1.29 is 28.7 Å². The van der Waals surface area contributed by atoms with Gasteiger partial charge >= 0.3 is 11.7 Å². The van der Waals surface area contributed by atoms with Crippen LogP contribution in [0.4, 0.5) is 10.1 Å². The Balaban J connectivity index is 1.84. The fraction of sp³-hybridized carbons (Fsp3) is 0.318. The van der Waals surface area contributed by atoms with Gasteiger partial charge in [-0.3, -0.25) is 14.9 Å². The maximum Gasteiger partial charge on any atom is 0.343 e. The lowest BCUT2D eigenvalue weighted by Crippen LogP contribution is -2.44. The Morgan fingerprint density at radius 3 is 2.76 bits per heavy atom. The molecule has 0 saturated heterocycles. The second kappa shape index (κ2) is 7.57. The summed E-state index contributed by atoms with van der Waals surface area (Å²) in [6, 6.07) is 2.57. The molecule has 34 heavy (non-hydrogen) atoms. The first-order valence-electron chi connectivity index (χ1n) is 10.3. The molecule has 0 bridgehead atoms. The summed E-state index contributed by atoms with van der Waals surface area (Å²) in [4.78, 5) is 41.2. The molecule has 3 aromatic rings. The number of pyridine rings is 2. The predicted molar refractivity (Wildman–Crippen MR) is 120 cm³/mol. The van der Waals surface area contributed by atoms with Gasteiger partial charge in [0.2, 0.25) is 5.75 Å². The molecular formula is C22H17BrFN3O7. The molecular weight excluding hydrogens is 517 g/mol. The van der Waals surface area contributed by atoms with Crippen LogP contribution in [0.2, 0.25) is 0 Å². The summed E-state index contributed by atoms with van der Waals surface area (Å²) < 4.78 is 26.4. The number of alkyl halides is 1. The van der Waals surface area contributed by atoms with E-state index < -0.39 is 39.3 Å². The summed E-state index contributed by atoms with van der Waals surface area (Å²) >= 11 is 2.99. The second-order valence-corrected chi connectivity index (χ2v) is 8.57. The van der Waals surface area contributed by atoms with Crippen molar-refractivity contribution in [3.63, 3.8) is 0 Å². The Bertz CT molecular complexity index is 1500. The number of fused-ring (bicyclic) bond motifs is 5. The lowest BCUT2D eigenvalue weighted by molar-refractivity contribution is -0.384. The Kier molecular flexibility index (Phi) is 4.99. The number of nitro groups is 1. The number of carbonyl (C=O) groups is 1. The van der Waals surface area contributed by atoms with E-state index in [1.165, 1.54) is 10.6 Å². The highest BCUT2D eigenvalue weighted by molar-refractivity contribution is 9.09. The van der Waals surface area contributed by atoms with Gasteiger partial charge in [0, 0.05) is 17.2 Å². The topological polar surface area (TPSA) is 134 Å². The van der Waals surface area contributed by atoms with E-state index in [0.29, 0.717) is 22.5 Å². The number of nitro benzene ring substituents is 1. The second-order valence-electron chi connectivity index (χ2n) is 8.11. The molecule has 0 saturated carbocycles. The van der Waals surface area contributed by atoms with E-state index >= 15 is 0 Å². The number of hydrogen-bond donors (Lipinski definition) is 1. The van der Waals surface area contributed by atoms with Gasteiger partial charge in [0.15, 0.2) is 11.4 Å². The third-order valence-corrected chi connectivity index (χ3v) is 6.75. The minimum atomic E-state index is -1.98. The number of hydrogen-bond acceptors (Lipinski definition) is 8. The van der Waals surface area contributed by atoms with Gasteiger partial charge in [0.1, 0.15) is 12.1 Å². The van der Waals surface area contributed by atoms with E-state index in [9.17, 15) is 29.2 Å². The smallest absolute Gasteiger partial charge is 0.343 e. The van der Waals surface area contributed by atoms with Crippen LogP contribution in [0.15, 0.2) is 16.9 Å². The molecule has 10 nitrogen and oxygen atoms in total. The van der Waals surface area contributed by atoms with Crippen LogP contribution in [0.3, 0.4) is 0 Å².